The maximum absolute atomic E-state index is 12.7. The molecule has 3 aliphatic rings. The van der Waals surface area contributed by atoms with E-state index in [1.54, 1.807) is 23.1 Å². The molecule has 6 nitrogen and oxygen atoms in total. The second-order valence-electron chi connectivity index (χ2n) is 8.31. The number of aliphatic hydroxyl groups excluding tert-OH is 1. The van der Waals surface area contributed by atoms with Crippen molar-refractivity contribution in [2.24, 2.45) is 11.8 Å². The molecule has 0 bridgehead atoms. The van der Waals surface area contributed by atoms with E-state index in [1.165, 1.54) is 0 Å². The van der Waals surface area contributed by atoms with E-state index >= 15 is 0 Å². The van der Waals surface area contributed by atoms with E-state index in [4.69, 9.17) is 0 Å². The second-order valence-corrected chi connectivity index (χ2v) is 10.4. The van der Waals surface area contributed by atoms with Gasteiger partial charge in [0.25, 0.3) is 0 Å². The first kappa shape index (κ1) is 19.6. The van der Waals surface area contributed by atoms with Crippen LogP contribution in [0.25, 0.3) is 0 Å². The molecule has 1 amide bonds. The number of hydrogen-bond acceptors (Lipinski definition) is 7. The molecule has 2 aliphatic heterocycles. The molecule has 8 heteroatoms. The number of thioether (sulfide) groups is 1. The molecule has 1 aromatic heterocycles. The standard InChI is InChI=1S/C19H30N4O2S2/c1-13-11-26-19(20-13)27-12-18(25)23-9-14-7-16(17(24)8-15(14)10-23)22-5-3-21(2)4-6-22/h11,14-17,24H,3-10,12H2,1-2H3/t14-,15+,16-,17-/m1/s1. The lowest BCUT2D eigenvalue weighted by Gasteiger charge is -2.44. The van der Waals surface area contributed by atoms with Crippen molar-refractivity contribution in [1.29, 1.82) is 0 Å². The summed E-state index contributed by atoms with van der Waals surface area (Å²) >= 11 is 3.16. The highest BCUT2D eigenvalue weighted by atomic mass is 32.2. The molecule has 4 atom stereocenters. The lowest BCUT2D eigenvalue weighted by Crippen LogP contribution is -2.55. The third kappa shape index (κ3) is 4.50. The van der Waals surface area contributed by atoms with Crippen LogP contribution in [-0.4, -0.2) is 94.9 Å². The van der Waals surface area contributed by atoms with Gasteiger partial charge in [0.15, 0.2) is 4.34 Å². The minimum absolute atomic E-state index is 0.216. The minimum Gasteiger partial charge on any atom is -0.391 e. The molecular weight excluding hydrogens is 380 g/mol. The van der Waals surface area contributed by atoms with Gasteiger partial charge in [0.1, 0.15) is 0 Å². The van der Waals surface area contributed by atoms with Crippen LogP contribution in [0.15, 0.2) is 9.72 Å². The fraction of sp³-hybridized carbons (Fsp3) is 0.789. The summed E-state index contributed by atoms with van der Waals surface area (Å²) in [5.74, 6) is 1.68. The number of nitrogens with zero attached hydrogens (tertiary/aromatic N) is 4. The van der Waals surface area contributed by atoms with Gasteiger partial charge in [-0.3, -0.25) is 9.69 Å². The van der Waals surface area contributed by atoms with Gasteiger partial charge in [-0.2, -0.15) is 0 Å². The van der Waals surface area contributed by atoms with Crippen LogP contribution in [-0.2, 0) is 4.79 Å². The van der Waals surface area contributed by atoms with Crippen molar-refractivity contribution in [3.05, 3.63) is 11.1 Å². The summed E-state index contributed by atoms with van der Waals surface area (Å²) in [6, 6.07) is 0.266. The van der Waals surface area contributed by atoms with Crippen molar-refractivity contribution in [2.45, 2.75) is 36.3 Å². The predicted octanol–water partition coefficient (Wildman–Crippen LogP) is 1.39. The number of piperazine rings is 1. The smallest absolute Gasteiger partial charge is 0.233 e. The first-order valence-electron chi connectivity index (χ1n) is 9.93. The van der Waals surface area contributed by atoms with E-state index in [0.29, 0.717) is 17.6 Å². The quantitative estimate of drug-likeness (QED) is 0.757. The SMILES string of the molecule is Cc1csc(SCC(=O)N2C[C@H]3C[C@@H](N4CCN(C)CC4)[C@H](O)C[C@H]3C2)n1. The zero-order valence-corrected chi connectivity index (χ0v) is 17.8. The second kappa shape index (κ2) is 8.37. The van der Waals surface area contributed by atoms with Crippen molar-refractivity contribution >= 4 is 29.0 Å². The molecule has 1 saturated carbocycles. The summed E-state index contributed by atoms with van der Waals surface area (Å²) in [7, 11) is 2.16. The zero-order valence-electron chi connectivity index (χ0n) is 16.2. The number of carbonyl (C=O) groups is 1. The van der Waals surface area contributed by atoms with Crippen LogP contribution in [0.5, 0.6) is 0 Å². The molecule has 150 valence electrons. The molecule has 3 fully saturated rings. The summed E-state index contributed by atoms with van der Waals surface area (Å²) in [6.07, 6.45) is 1.61. The summed E-state index contributed by atoms with van der Waals surface area (Å²) in [4.78, 5) is 24.0. The first-order valence-corrected chi connectivity index (χ1v) is 11.8. The number of rotatable bonds is 4. The topological polar surface area (TPSA) is 59.9 Å². The van der Waals surface area contributed by atoms with Gasteiger partial charge in [0.05, 0.1) is 11.9 Å². The fourth-order valence-electron chi connectivity index (χ4n) is 4.77. The number of likely N-dealkylation sites (N-methyl/N-ethyl adjacent to an activating group) is 1. The minimum atomic E-state index is -0.252. The molecule has 0 aromatic carbocycles. The Morgan fingerprint density at radius 1 is 1.26 bits per heavy atom. The largest absolute Gasteiger partial charge is 0.391 e. The number of thiazole rings is 1. The summed E-state index contributed by atoms with van der Waals surface area (Å²) in [6.45, 7) is 7.90. The molecular formula is C19H30N4O2S2. The van der Waals surface area contributed by atoms with E-state index in [2.05, 4.69) is 21.8 Å². The van der Waals surface area contributed by atoms with Crippen LogP contribution >= 0.6 is 23.1 Å². The predicted molar refractivity (Wildman–Crippen MR) is 109 cm³/mol. The summed E-state index contributed by atoms with van der Waals surface area (Å²) in [5.41, 5.74) is 1.02. The number of hydrogen-bond donors (Lipinski definition) is 1. The van der Waals surface area contributed by atoms with Crippen molar-refractivity contribution in [3.63, 3.8) is 0 Å². The normalized spacial score (nSPS) is 32.6. The van der Waals surface area contributed by atoms with Crippen molar-refractivity contribution in [2.75, 3.05) is 52.1 Å². The van der Waals surface area contributed by atoms with Gasteiger partial charge in [-0.1, -0.05) is 11.8 Å². The van der Waals surface area contributed by atoms with E-state index in [-0.39, 0.29) is 18.1 Å². The van der Waals surface area contributed by atoms with E-state index in [0.717, 1.165) is 62.1 Å². The third-order valence-electron chi connectivity index (χ3n) is 6.39. The maximum atomic E-state index is 12.7. The Morgan fingerprint density at radius 3 is 2.63 bits per heavy atom. The van der Waals surface area contributed by atoms with Crippen LogP contribution in [0.2, 0.25) is 0 Å². The highest BCUT2D eigenvalue weighted by Crippen LogP contribution is 2.39. The molecule has 0 radical (unpaired) electrons. The Hall–Kier alpha value is -0.670. The highest BCUT2D eigenvalue weighted by molar-refractivity contribution is 8.01. The number of fused-ring (bicyclic) bond motifs is 1. The Labute approximate surface area is 169 Å². The molecule has 1 aliphatic carbocycles. The van der Waals surface area contributed by atoms with Crippen molar-refractivity contribution in [3.8, 4) is 0 Å². The first-order chi connectivity index (χ1) is 13.0. The lowest BCUT2D eigenvalue weighted by atomic mass is 9.77. The molecule has 4 rings (SSSR count). The average Bonchev–Trinajstić information content (AvgIpc) is 3.25. The Balaban J connectivity index is 1.30. The molecule has 1 aromatic rings. The van der Waals surface area contributed by atoms with Crippen LogP contribution in [0, 0.1) is 18.8 Å². The molecule has 2 saturated heterocycles. The Kier molecular flexibility index (Phi) is 6.09. The van der Waals surface area contributed by atoms with E-state index < -0.39 is 0 Å². The van der Waals surface area contributed by atoms with E-state index in [9.17, 15) is 9.90 Å². The van der Waals surface area contributed by atoms with Gasteiger partial charge in [-0.05, 0) is 38.6 Å². The molecule has 0 spiro atoms. The number of carbonyl (C=O) groups excluding carboxylic acids is 1. The number of aliphatic hydroxyl groups is 1. The van der Waals surface area contributed by atoms with Crippen molar-refractivity contribution < 1.29 is 9.90 Å². The number of amides is 1. The van der Waals surface area contributed by atoms with Crippen LogP contribution in [0.3, 0.4) is 0 Å². The fourth-order valence-corrected chi connectivity index (χ4v) is 6.52. The van der Waals surface area contributed by atoms with E-state index in [1.807, 2.05) is 17.2 Å². The van der Waals surface area contributed by atoms with Gasteiger partial charge in [-0.25, -0.2) is 4.98 Å². The molecule has 1 N–H and O–H groups in total. The van der Waals surface area contributed by atoms with Gasteiger partial charge in [0, 0.05) is 56.4 Å². The zero-order chi connectivity index (χ0) is 19.0. The van der Waals surface area contributed by atoms with Gasteiger partial charge in [0.2, 0.25) is 5.91 Å². The van der Waals surface area contributed by atoms with Gasteiger partial charge in [-0.15, -0.1) is 11.3 Å². The van der Waals surface area contributed by atoms with Crippen LogP contribution < -0.4 is 0 Å². The monoisotopic (exact) mass is 410 g/mol. The third-order valence-corrected chi connectivity index (χ3v) is 8.51. The number of aromatic nitrogens is 1. The Morgan fingerprint density at radius 2 is 1.96 bits per heavy atom. The highest BCUT2D eigenvalue weighted by Gasteiger charge is 2.44. The van der Waals surface area contributed by atoms with Gasteiger partial charge < -0.3 is 14.9 Å². The number of likely N-dealkylation sites (tertiary alicyclic amines) is 1. The average molecular weight is 411 g/mol. The van der Waals surface area contributed by atoms with Crippen LogP contribution in [0.1, 0.15) is 18.5 Å². The Bertz CT molecular complexity index is 662. The molecule has 27 heavy (non-hydrogen) atoms. The molecule has 3 heterocycles. The van der Waals surface area contributed by atoms with Crippen molar-refractivity contribution in [1.82, 2.24) is 19.7 Å². The summed E-state index contributed by atoms with van der Waals surface area (Å²) < 4.78 is 0.975. The van der Waals surface area contributed by atoms with Gasteiger partial charge >= 0.3 is 0 Å². The number of aryl methyl sites for hydroxylation is 1. The maximum Gasteiger partial charge on any atom is 0.233 e. The molecule has 0 unspecified atom stereocenters. The summed E-state index contributed by atoms with van der Waals surface area (Å²) in [5, 5.41) is 12.8. The van der Waals surface area contributed by atoms with Crippen LogP contribution in [0.4, 0.5) is 0 Å². The lowest BCUT2D eigenvalue weighted by molar-refractivity contribution is -0.127.